The minimum absolute atomic E-state index is 0. The van der Waals surface area contributed by atoms with E-state index in [9.17, 15) is 0 Å². The quantitative estimate of drug-likeness (QED) is 0.421. The van der Waals surface area contributed by atoms with Crippen LogP contribution in [-0.2, 0) is 24.7 Å². The fourth-order valence-corrected chi connectivity index (χ4v) is 6.55. The maximum absolute atomic E-state index is 2.41. The van der Waals surface area contributed by atoms with Gasteiger partial charge in [-0.1, -0.05) is 0 Å². The molecule has 2 aliphatic rings. The standard InChI is InChI=1S/C31H29.2ClH.Zr/c1-18(2)24-14-15-27-25-11-8-7-10-23(25)17-30(27)31(24)28-13-9-12-26(28)29-16-19(3)20(4)21(5)22(29)6;;;/h7-12,14-16H,13H2,1-6H3;2*1H;/q;;;+2/p-2. The zero-order chi connectivity index (χ0) is 22.7. The molecular weight excluding hydrogens is 534 g/mol. The summed E-state index contributed by atoms with van der Waals surface area (Å²) >= 11 is 1.49. The number of hydrogen-bond donors (Lipinski definition) is 0. The van der Waals surface area contributed by atoms with Crippen LogP contribution in [0.3, 0.4) is 0 Å². The first kappa shape index (κ1) is 26.9. The summed E-state index contributed by atoms with van der Waals surface area (Å²) in [6, 6.07) is 16.0. The summed E-state index contributed by atoms with van der Waals surface area (Å²) in [6.07, 6.45) is 5.72. The van der Waals surface area contributed by atoms with Gasteiger partial charge >= 0.3 is 207 Å². The topological polar surface area (TPSA) is 0 Å². The maximum Gasteiger partial charge on any atom is -1.00 e. The molecule has 3 aromatic carbocycles. The van der Waals surface area contributed by atoms with Crippen LogP contribution in [0, 0.1) is 38.1 Å². The first-order chi connectivity index (χ1) is 15.3. The van der Waals surface area contributed by atoms with Crippen molar-refractivity contribution in [2.24, 2.45) is 0 Å². The van der Waals surface area contributed by atoms with Crippen molar-refractivity contribution < 1.29 is 49.5 Å². The molecule has 0 spiro atoms. The summed E-state index contributed by atoms with van der Waals surface area (Å²) in [7, 11) is 0. The van der Waals surface area contributed by atoms with E-state index in [1.165, 1.54) is 105 Å². The Balaban J connectivity index is 0.00000162. The Hall–Kier alpha value is -1.66. The van der Waals surface area contributed by atoms with Gasteiger partial charge in [0.1, 0.15) is 0 Å². The van der Waals surface area contributed by atoms with E-state index in [-0.39, 0.29) is 24.8 Å². The number of fused-ring (bicyclic) bond motifs is 2. The van der Waals surface area contributed by atoms with Gasteiger partial charge in [-0.3, -0.25) is 0 Å². The largest absolute Gasteiger partial charge is 1.00 e. The molecule has 34 heavy (non-hydrogen) atoms. The Bertz CT molecular complexity index is 1600. The van der Waals surface area contributed by atoms with E-state index >= 15 is 0 Å². The van der Waals surface area contributed by atoms with Crippen molar-refractivity contribution >= 4 is 20.0 Å². The predicted octanol–water partition coefficient (Wildman–Crippen LogP) is 0.293. The maximum atomic E-state index is 2.41. The van der Waals surface area contributed by atoms with E-state index < -0.39 is 0 Å². The molecule has 0 fully saturated rings. The summed E-state index contributed by atoms with van der Waals surface area (Å²) in [5.74, 6) is 0. The van der Waals surface area contributed by atoms with Crippen LogP contribution < -0.4 is 35.3 Å². The van der Waals surface area contributed by atoms with Gasteiger partial charge in [-0.15, -0.1) is 0 Å². The van der Waals surface area contributed by atoms with Gasteiger partial charge in [-0.2, -0.15) is 0 Å². The van der Waals surface area contributed by atoms with Crippen LogP contribution in [0.5, 0.6) is 0 Å². The van der Waals surface area contributed by atoms with Gasteiger partial charge in [0, 0.05) is 0 Å². The summed E-state index contributed by atoms with van der Waals surface area (Å²) in [4.78, 5) is 0. The van der Waals surface area contributed by atoms with Crippen molar-refractivity contribution in [3.8, 4) is 0 Å². The van der Waals surface area contributed by atoms with Gasteiger partial charge in [0.15, 0.2) is 0 Å². The third-order valence-corrected chi connectivity index (χ3v) is 8.76. The number of rotatable bonds is 2. The van der Waals surface area contributed by atoms with E-state index in [0.29, 0.717) is 0 Å². The molecule has 0 heterocycles. The van der Waals surface area contributed by atoms with Crippen LogP contribution in [0.25, 0.3) is 20.0 Å². The van der Waals surface area contributed by atoms with Gasteiger partial charge in [0.2, 0.25) is 0 Å². The van der Waals surface area contributed by atoms with Crippen LogP contribution in [0.15, 0.2) is 54.6 Å². The second kappa shape index (κ2) is 10.1. The summed E-state index contributed by atoms with van der Waals surface area (Å²) < 4.78 is 1.49. The molecule has 0 radical (unpaired) electrons. The molecule has 5 rings (SSSR count). The Kier molecular flexibility index (Phi) is 8.04. The molecule has 3 heteroatoms. The number of benzene rings is 3. The molecule has 0 nitrogen and oxygen atoms in total. The minimum atomic E-state index is 0. The molecule has 0 amide bonds. The van der Waals surface area contributed by atoms with Crippen LogP contribution in [0.4, 0.5) is 0 Å². The van der Waals surface area contributed by atoms with Crippen LogP contribution in [0.2, 0.25) is 0 Å². The Morgan fingerprint density at radius 1 is 0.765 bits per heavy atom. The zero-order valence-corrected chi connectivity index (χ0v) is 24.6. The molecule has 0 N–H and O–H groups in total. The van der Waals surface area contributed by atoms with E-state index in [1.807, 2.05) is 0 Å². The average Bonchev–Trinajstić information content (AvgIpc) is 3.38. The monoisotopic (exact) mass is 561 g/mol. The molecule has 0 saturated carbocycles. The molecule has 3 aromatic rings. The molecule has 0 aromatic heterocycles. The summed E-state index contributed by atoms with van der Waals surface area (Å²) in [5, 5.41) is 5.60. The van der Waals surface area contributed by atoms with Gasteiger partial charge in [0.25, 0.3) is 0 Å². The molecule has 0 aliphatic heterocycles. The van der Waals surface area contributed by atoms with E-state index in [2.05, 4.69) is 96.2 Å². The second-order valence-corrected chi connectivity index (χ2v) is 10.7. The van der Waals surface area contributed by atoms with Gasteiger partial charge < -0.3 is 24.8 Å². The Morgan fingerprint density at radius 3 is 2.12 bits per heavy atom. The number of aryl methyl sites for hydroxylation is 1. The van der Waals surface area contributed by atoms with Crippen molar-refractivity contribution in [1.29, 1.82) is 0 Å². The third kappa shape index (κ3) is 4.05. The van der Waals surface area contributed by atoms with Gasteiger partial charge in [0.05, 0.1) is 0 Å². The Morgan fingerprint density at radius 2 is 1.44 bits per heavy atom. The summed E-state index contributed by atoms with van der Waals surface area (Å²) in [5.41, 5.74) is 14.2. The van der Waals surface area contributed by atoms with Crippen molar-refractivity contribution in [2.75, 3.05) is 0 Å². The normalized spacial score (nSPS) is 13.5. The van der Waals surface area contributed by atoms with E-state index in [4.69, 9.17) is 0 Å². The first-order valence-corrected chi connectivity index (χ1v) is 12.7. The third-order valence-electron chi connectivity index (χ3n) is 7.49. The van der Waals surface area contributed by atoms with Gasteiger partial charge in [-0.05, 0) is 0 Å². The molecule has 2 aliphatic carbocycles. The fraction of sp³-hybridized carbons (Fsp3) is 0.226. The second-order valence-electron chi connectivity index (χ2n) is 9.45. The SMILES string of the molecule is CC(C)=c1ccc2c(c1C1=C(c3cc(C)c(C)c(C)c3C)C=CC1)[C]([Zr+2])=c1ccccc1=2.[Cl-].[Cl-]. The van der Waals surface area contributed by atoms with Crippen LogP contribution in [0.1, 0.15) is 59.2 Å². The Labute approximate surface area is 230 Å². The average molecular weight is 564 g/mol. The number of hydrogen-bond acceptors (Lipinski definition) is 0. The molecule has 0 saturated heterocycles. The van der Waals surface area contributed by atoms with Crippen molar-refractivity contribution in [3.05, 3.63) is 114 Å². The smallest absolute Gasteiger partial charge is 1.00 e. The molecule has 0 unspecified atom stereocenters. The molecular formula is C31H29Cl2Zr. The number of halogens is 2. The number of allylic oxidation sites excluding steroid dienone is 4. The molecule has 0 atom stereocenters. The molecule has 0 bridgehead atoms. The van der Waals surface area contributed by atoms with Crippen LogP contribution >= 0.6 is 0 Å². The van der Waals surface area contributed by atoms with Gasteiger partial charge in [-0.25, -0.2) is 0 Å². The van der Waals surface area contributed by atoms with Crippen molar-refractivity contribution in [3.63, 3.8) is 0 Å². The summed E-state index contributed by atoms with van der Waals surface area (Å²) in [6.45, 7) is 13.6. The first-order valence-electron chi connectivity index (χ1n) is 11.4. The van der Waals surface area contributed by atoms with E-state index in [1.54, 1.807) is 0 Å². The predicted molar refractivity (Wildman–Crippen MR) is 133 cm³/mol. The van der Waals surface area contributed by atoms with Crippen molar-refractivity contribution in [2.45, 2.75) is 48.0 Å². The zero-order valence-electron chi connectivity index (χ0n) is 20.7. The fourth-order valence-electron chi connectivity index (χ4n) is 5.37. The van der Waals surface area contributed by atoms with Crippen molar-refractivity contribution in [1.82, 2.24) is 0 Å². The van der Waals surface area contributed by atoms with E-state index in [0.717, 1.165) is 6.42 Å². The minimum Gasteiger partial charge on any atom is -1.00 e. The van der Waals surface area contributed by atoms with Crippen LogP contribution in [-0.4, -0.2) is 0 Å². The molecule has 171 valence electrons.